The highest BCUT2D eigenvalue weighted by Crippen LogP contribution is 2.02. The summed E-state index contributed by atoms with van der Waals surface area (Å²) in [6.07, 6.45) is 2.07. The van der Waals surface area contributed by atoms with Crippen molar-refractivity contribution < 1.29 is 14.2 Å². The van der Waals surface area contributed by atoms with Crippen LogP contribution in [0.2, 0.25) is 0 Å². The largest absolute Gasteiger partial charge is 0.382 e. The molecule has 6 nitrogen and oxygen atoms in total. The topological polar surface area (TPSA) is 64.1 Å². The Morgan fingerprint density at radius 3 is 2.58 bits per heavy atom. The van der Waals surface area contributed by atoms with E-state index >= 15 is 0 Å². The number of methoxy groups -OCH3 is 1. The molecule has 2 N–H and O–H groups in total. The van der Waals surface area contributed by atoms with Crippen LogP contribution >= 0.6 is 0 Å². The van der Waals surface area contributed by atoms with Gasteiger partial charge < -0.3 is 24.8 Å². The van der Waals surface area contributed by atoms with E-state index in [4.69, 9.17) is 14.2 Å². The van der Waals surface area contributed by atoms with Crippen molar-refractivity contribution in [1.82, 2.24) is 10.6 Å². The van der Waals surface area contributed by atoms with E-state index in [1.54, 1.807) is 14.2 Å². The smallest absolute Gasteiger partial charge is 0.190 e. The van der Waals surface area contributed by atoms with E-state index in [0.717, 1.165) is 45.1 Å². The number of nitrogens with zero attached hydrogens (tertiary/aromatic N) is 1. The Labute approximate surface area is 158 Å². The van der Waals surface area contributed by atoms with Crippen molar-refractivity contribution in [2.45, 2.75) is 26.4 Å². The van der Waals surface area contributed by atoms with Gasteiger partial charge in [-0.25, -0.2) is 0 Å². The fourth-order valence-electron chi connectivity index (χ4n) is 2.28. The molecule has 0 spiro atoms. The predicted molar refractivity (Wildman–Crippen MR) is 107 cm³/mol. The minimum atomic E-state index is 0.409. The zero-order valence-electron chi connectivity index (χ0n) is 16.5. The van der Waals surface area contributed by atoms with Gasteiger partial charge in [0.2, 0.25) is 0 Å². The van der Waals surface area contributed by atoms with E-state index in [2.05, 4.69) is 34.7 Å². The third kappa shape index (κ3) is 11.8. The van der Waals surface area contributed by atoms with Crippen LogP contribution in [0.4, 0.5) is 0 Å². The van der Waals surface area contributed by atoms with Crippen molar-refractivity contribution in [3.8, 4) is 0 Å². The minimum absolute atomic E-state index is 0.409. The van der Waals surface area contributed by atoms with Gasteiger partial charge in [-0.15, -0.1) is 0 Å². The first-order valence-electron chi connectivity index (χ1n) is 9.39. The van der Waals surface area contributed by atoms with Gasteiger partial charge in [-0.2, -0.15) is 0 Å². The van der Waals surface area contributed by atoms with E-state index in [9.17, 15) is 0 Å². The van der Waals surface area contributed by atoms with Crippen LogP contribution in [0, 0.1) is 5.92 Å². The van der Waals surface area contributed by atoms with Crippen LogP contribution in [0.5, 0.6) is 0 Å². The summed E-state index contributed by atoms with van der Waals surface area (Å²) in [6, 6.07) is 10.2. The molecule has 0 saturated carbocycles. The zero-order valence-corrected chi connectivity index (χ0v) is 16.5. The Kier molecular flexibility index (Phi) is 13.5. The van der Waals surface area contributed by atoms with E-state index in [1.807, 2.05) is 18.2 Å². The van der Waals surface area contributed by atoms with Crippen molar-refractivity contribution >= 4 is 5.96 Å². The second kappa shape index (κ2) is 15.6. The molecule has 0 saturated heterocycles. The number of nitrogens with one attached hydrogen (secondary N) is 2. The first-order chi connectivity index (χ1) is 12.8. The van der Waals surface area contributed by atoms with Gasteiger partial charge in [0.1, 0.15) is 0 Å². The quantitative estimate of drug-likeness (QED) is 0.301. The number of hydrogen-bond donors (Lipinski definition) is 2. The summed E-state index contributed by atoms with van der Waals surface area (Å²) in [5.41, 5.74) is 1.20. The maximum atomic E-state index is 5.78. The molecule has 1 atom stereocenters. The van der Waals surface area contributed by atoms with Crippen LogP contribution < -0.4 is 10.6 Å². The molecule has 0 aromatic heterocycles. The molecule has 1 rings (SSSR count). The standard InChI is InChI=1S/C20H35N3O3/c1-18(16-26-17-19-9-5-4-6-10-19)15-23-20(21-2)22-11-7-8-12-25-14-13-24-3/h4-6,9-10,18H,7-8,11-17H2,1-3H3,(H2,21,22,23). The number of guanidine groups is 1. The molecular formula is C20H35N3O3. The molecule has 0 bridgehead atoms. The molecule has 0 aliphatic rings. The maximum Gasteiger partial charge on any atom is 0.190 e. The van der Waals surface area contributed by atoms with Gasteiger partial charge in [-0.1, -0.05) is 37.3 Å². The van der Waals surface area contributed by atoms with Gasteiger partial charge in [0, 0.05) is 33.9 Å². The van der Waals surface area contributed by atoms with Crippen LogP contribution in [-0.4, -0.2) is 59.6 Å². The van der Waals surface area contributed by atoms with Crippen LogP contribution in [0.1, 0.15) is 25.3 Å². The Morgan fingerprint density at radius 2 is 1.85 bits per heavy atom. The van der Waals surface area contributed by atoms with Gasteiger partial charge >= 0.3 is 0 Å². The highest BCUT2D eigenvalue weighted by atomic mass is 16.5. The summed E-state index contributed by atoms with van der Waals surface area (Å²) < 4.78 is 16.2. The van der Waals surface area contributed by atoms with Crippen LogP contribution in [0.3, 0.4) is 0 Å². The molecule has 1 unspecified atom stereocenters. The molecule has 0 aliphatic heterocycles. The van der Waals surface area contributed by atoms with Crippen molar-refractivity contribution in [3.63, 3.8) is 0 Å². The van der Waals surface area contributed by atoms with Crippen LogP contribution in [-0.2, 0) is 20.8 Å². The average molecular weight is 366 g/mol. The molecule has 0 amide bonds. The van der Waals surface area contributed by atoms with Gasteiger partial charge in [0.05, 0.1) is 26.4 Å². The lowest BCUT2D eigenvalue weighted by Gasteiger charge is -2.16. The molecule has 0 heterocycles. The number of unbranched alkanes of at least 4 members (excludes halogenated alkanes) is 1. The highest BCUT2D eigenvalue weighted by molar-refractivity contribution is 5.79. The van der Waals surface area contributed by atoms with Crippen molar-refractivity contribution in [1.29, 1.82) is 0 Å². The molecule has 148 valence electrons. The first kappa shape index (κ1) is 22.4. The second-order valence-corrected chi connectivity index (χ2v) is 6.30. The van der Waals surface area contributed by atoms with Gasteiger partial charge in [-0.3, -0.25) is 4.99 Å². The summed E-state index contributed by atoms with van der Waals surface area (Å²) in [5.74, 6) is 1.24. The fourth-order valence-corrected chi connectivity index (χ4v) is 2.28. The normalized spacial score (nSPS) is 12.8. The van der Waals surface area contributed by atoms with Gasteiger partial charge in [-0.05, 0) is 24.3 Å². The van der Waals surface area contributed by atoms with Crippen LogP contribution in [0.15, 0.2) is 35.3 Å². The Balaban J connectivity index is 2.02. The number of ether oxygens (including phenoxy) is 3. The van der Waals surface area contributed by atoms with Crippen molar-refractivity contribution in [2.24, 2.45) is 10.9 Å². The molecule has 6 heteroatoms. The minimum Gasteiger partial charge on any atom is -0.382 e. The number of benzene rings is 1. The molecule has 1 aromatic carbocycles. The van der Waals surface area contributed by atoms with Gasteiger partial charge in [0.15, 0.2) is 5.96 Å². The van der Waals surface area contributed by atoms with E-state index in [0.29, 0.717) is 25.7 Å². The van der Waals surface area contributed by atoms with Crippen molar-refractivity contribution in [2.75, 3.05) is 53.7 Å². The third-order valence-electron chi connectivity index (χ3n) is 3.80. The Morgan fingerprint density at radius 1 is 1.04 bits per heavy atom. The fraction of sp³-hybridized carbons (Fsp3) is 0.650. The van der Waals surface area contributed by atoms with E-state index in [-0.39, 0.29) is 0 Å². The second-order valence-electron chi connectivity index (χ2n) is 6.30. The summed E-state index contributed by atoms with van der Waals surface area (Å²) in [5, 5.41) is 6.67. The Bertz CT molecular complexity index is 469. The number of rotatable bonds is 14. The third-order valence-corrected chi connectivity index (χ3v) is 3.80. The molecule has 26 heavy (non-hydrogen) atoms. The summed E-state index contributed by atoms with van der Waals surface area (Å²) in [6.45, 7) is 7.35. The predicted octanol–water partition coefficient (Wildman–Crippen LogP) is 2.45. The molecule has 0 aliphatic carbocycles. The zero-order chi connectivity index (χ0) is 18.9. The molecule has 0 fully saturated rings. The molecule has 0 radical (unpaired) electrons. The monoisotopic (exact) mass is 365 g/mol. The lowest BCUT2D eigenvalue weighted by molar-refractivity contribution is 0.0689. The summed E-state index contributed by atoms with van der Waals surface area (Å²) >= 11 is 0. The molecular weight excluding hydrogens is 330 g/mol. The van der Waals surface area contributed by atoms with Crippen LogP contribution in [0.25, 0.3) is 0 Å². The van der Waals surface area contributed by atoms with Gasteiger partial charge in [0.25, 0.3) is 0 Å². The Hall–Kier alpha value is -1.63. The summed E-state index contributed by atoms with van der Waals surface area (Å²) in [7, 11) is 3.47. The van der Waals surface area contributed by atoms with E-state index < -0.39 is 0 Å². The van der Waals surface area contributed by atoms with E-state index in [1.165, 1.54) is 5.56 Å². The lowest BCUT2D eigenvalue weighted by Crippen LogP contribution is -2.40. The average Bonchev–Trinajstić information content (AvgIpc) is 2.67. The van der Waals surface area contributed by atoms with Crippen molar-refractivity contribution in [3.05, 3.63) is 35.9 Å². The lowest BCUT2D eigenvalue weighted by atomic mass is 10.2. The number of aliphatic imine (C=N–C) groups is 1. The maximum absolute atomic E-state index is 5.78. The highest BCUT2D eigenvalue weighted by Gasteiger charge is 2.04. The first-order valence-corrected chi connectivity index (χ1v) is 9.39. The SMILES string of the molecule is CN=C(NCCCCOCCOC)NCC(C)COCc1ccccc1. The molecule has 1 aromatic rings. The number of hydrogen-bond acceptors (Lipinski definition) is 4. The summed E-state index contributed by atoms with van der Waals surface area (Å²) in [4.78, 5) is 4.25.